The normalized spacial score (nSPS) is 10.2. The van der Waals surface area contributed by atoms with Crippen molar-refractivity contribution in [2.24, 2.45) is 0 Å². The zero-order valence-electron chi connectivity index (χ0n) is 9.99. The molecule has 0 aliphatic carbocycles. The number of nitrogens with one attached hydrogen (secondary N) is 1. The Morgan fingerprint density at radius 1 is 1.26 bits per heavy atom. The number of hydrogen-bond donors (Lipinski definition) is 2. The second kappa shape index (κ2) is 6.38. The first-order valence-corrected chi connectivity index (χ1v) is 7.51. The van der Waals surface area contributed by atoms with E-state index in [1.807, 2.05) is 42.5 Å². The number of hydrogen-bond acceptors (Lipinski definition) is 2. The van der Waals surface area contributed by atoms with Crippen LogP contribution in [0.15, 0.2) is 46.9 Å². The van der Waals surface area contributed by atoms with Crippen LogP contribution in [0.3, 0.4) is 0 Å². The van der Waals surface area contributed by atoms with E-state index < -0.39 is 0 Å². The summed E-state index contributed by atoms with van der Waals surface area (Å²) >= 11 is 5.52. The van der Waals surface area contributed by atoms with Crippen molar-refractivity contribution in [1.29, 1.82) is 0 Å². The topological polar surface area (TPSA) is 55.1 Å². The highest BCUT2D eigenvalue weighted by Gasteiger charge is 2.10. The van der Waals surface area contributed by atoms with E-state index in [0.717, 1.165) is 13.6 Å². The third-order valence-electron chi connectivity index (χ3n) is 2.58. The molecule has 3 N–H and O–H groups in total. The maximum Gasteiger partial charge on any atom is 0.252 e. The fourth-order valence-corrected chi connectivity index (χ4v) is 2.59. The molecule has 0 aliphatic heterocycles. The SMILES string of the molecule is Nc1cccc(CNC(=O)c2cc(Br)ccc2I)c1. The second-order valence-corrected chi connectivity index (χ2v) is 6.13. The number of nitrogens with two attached hydrogens (primary N) is 1. The van der Waals surface area contributed by atoms with Gasteiger partial charge >= 0.3 is 0 Å². The fourth-order valence-electron chi connectivity index (χ4n) is 1.65. The van der Waals surface area contributed by atoms with Crippen molar-refractivity contribution in [2.75, 3.05) is 5.73 Å². The smallest absolute Gasteiger partial charge is 0.252 e. The molecule has 19 heavy (non-hydrogen) atoms. The molecule has 0 spiro atoms. The maximum absolute atomic E-state index is 12.1. The van der Waals surface area contributed by atoms with Crippen LogP contribution in [-0.2, 0) is 6.54 Å². The predicted molar refractivity (Wildman–Crippen MR) is 88.9 cm³/mol. The number of carbonyl (C=O) groups is 1. The van der Waals surface area contributed by atoms with Crippen LogP contribution in [0, 0.1) is 3.57 Å². The minimum absolute atomic E-state index is 0.0897. The van der Waals surface area contributed by atoms with E-state index in [4.69, 9.17) is 5.73 Å². The highest BCUT2D eigenvalue weighted by Crippen LogP contribution is 2.18. The van der Waals surface area contributed by atoms with Crippen LogP contribution in [0.2, 0.25) is 0 Å². The van der Waals surface area contributed by atoms with Crippen molar-refractivity contribution in [1.82, 2.24) is 5.32 Å². The number of rotatable bonds is 3. The first-order chi connectivity index (χ1) is 9.06. The lowest BCUT2D eigenvalue weighted by molar-refractivity contribution is 0.0950. The molecule has 2 aromatic rings. The molecule has 0 heterocycles. The lowest BCUT2D eigenvalue weighted by Crippen LogP contribution is -2.23. The zero-order valence-corrected chi connectivity index (χ0v) is 13.7. The van der Waals surface area contributed by atoms with Crippen molar-refractivity contribution in [3.8, 4) is 0 Å². The number of benzene rings is 2. The first-order valence-electron chi connectivity index (χ1n) is 5.64. The van der Waals surface area contributed by atoms with Gasteiger partial charge in [-0.05, 0) is 58.5 Å². The molecule has 0 saturated heterocycles. The van der Waals surface area contributed by atoms with Crippen LogP contribution in [-0.4, -0.2) is 5.91 Å². The van der Waals surface area contributed by atoms with Crippen LogP contribution < -0.4 is 11.1 Å². The van der Waals surface area contributed by atoms with Crippen molar-refractivity contribution in [2.45, 2.75) is 6.54 Å². The number of anilines is 1. The average molecular weight is 431 g/mol. The van der Waals surface area contributed by atoms with E-state index in [2.05, 4.69) is 43.8 Å². The Bertz CT molecular complexity index is 616. The molecule has 0 unspecified atom stereocenters. The second-order valence-electron chi connectivity index (χ2n) is 4.05. The molecule has 1 amide bonds. The monoisotopic (exact) mass is 430 g/mol. The molecule has 3 nitrogen and oxygen atoms in total. The van der Waals surface area contributed by atoms with Crippen LogP contribution in [0.4, 0.5) is 5.69 Å². The average Bonchev–Trinajstić information content (AvgIpc) is 2.39. The summed E-state index contributed by atoms with van der Waals surface area (Å²) < 4.78 is 1.81. The predicted octanol–water partition coefficient (Wildman–Crippen LogP) is 3.57. The Hall–Kier alpha value is -1.08. The van der Waals surface area contributed by atoms with E-state index in [-0.39, 0.29) is 5.91 Å². The molecule has 5 heteroatoms. The van der Waals surface area contributed by atoms with E-state index in [1.54, 1.807) is 0 Å². The van der Waals surface area contributed by atoms with E-state index in [0.29, 0.717) is 17.8 Å². The van der Waals surface area contributed by atoms with Crippen molar-refractivity contribution in [3.63, 3.8) is 0 Å². The maximum atomic E-state index is 12.1. The summed E-state index contributed by atoms with van der Waals surface area (Å²) in [6.45, 7) is 0.465. The third kappa shape index (κ3) is 3.94. The van der Waals surface area contributed by atoms with Crippen LogP contribution >= 0.6 is 38.5 Å². The van der Waals surface area contributed by atoms with Gasteiger partial charge in [-0.25, -0.2) is 0 Å². The third-order valence-corrected chi connectivity index (χ3v) is 4.01. The Morgan fingerprint density at radius 2 is 2.05 bits per heavy atom. The van der Waals surface area contributed by atoms with Gasteiger partial charge in [0.2, 0.25) is 0 Å². The van der Waals surface area contributed by atoms with Crippen LogP contribution in [0.5, 0.6) is 0 Å². The van der Waals surface area contributed by atoms with Gasteiger partial charge in [-0.3, -0.25) is 4.79 Å². The summed E-state index contributed by atoms with van der Waals surface area (Å²) in [6, 6.07) is 13.1. The zero-order chi connectivity index (χ0) is 13.8. The van der Waals surface area contributed by atoms with E-state index in [9.17, 15) is 4.79 Å². The molecular formula is C14H12BrIN2O. The molecule has 0 fully saturated rings. The molecule has 2 rings (SSSR count). The minimum atomic E-state index is -0.0897. The largest absolute Gasteiger partial charge is 0.399 e. The van der Waals surface area contributed by atoms with Crippen molar-refractivity contribution < 1.29 is 4.79 Å². The summed E-state index contributed by atoms with van der Waals surface area (Å²) in [4.78, 5) is 12.1. The molecule has 98 valence electrons. The number of halogens is 2. The number of carbonyl (C=O) groups excluding carboxylic acids is 1. The number of nitrogen functional groups attached to an aromatic ring is 1. The highest BCUT2D eigenvalue weighted by molar-refractivity contribution is 14.1. The number of amides is 1. The van der Waals surface area contributed by atoms with Crippen LogP contribution in [0.1, 0.15) is 15.9 Å². The summed E-state index contributed by atoms with van der Waals surface area (Å²) in [6.07, 6.45) is 0. The highest BCUT2D eigenvalue weighted by atomic mass is 127. The van der Waals surface area contributed by atoms with Gasteiger partial charge in [0, 0.05) is 20.3 Å². The first kappa shape index (κ1) is 14.3. The summed E-state index contributed by atoms with van der Waals surface area (Å²) in [5.41, 5.74) is 8.05. The van der Waals surface area contributed by atoms with E-state index in [1.165, 1.54) is 0 Å². The van der Waals surface area contributed by atoms with Gasteiger partial charge in [0.1, 0.15) is 0 Å². The molecule has 0 bridgehead atoms. The van der Waals surface area contributed by atoms with E-state index >= 15 is 0 Å². The summed E-state index contributed by atoms with van der Waals surface area (Å²) in [5, 5.41) is 2.89. The van der Waals surface area contributed by atoms with Gasteiger partial charge in [0.25, 0.3) is 5.91 Å². The standard InChI is InChI=1S/C14H12BrIN2O/c15-10-4-5-13(16)12(7-10)14(19)18-8-9-2-1-3-11(17)6-9/h1-7H,8,17H2,(H,18,19). The Balaban J connectivity index is 2.07. The molecule has 0 aliphatic rings. The molecule has 0 atom stereocenters. The molecule has 0 radical (unpaired) electrons. The fraction of sp³-hybridized carbons (Fsp3) is 0.0714. The molecule has 2 aromatic carbocycles. The lowest BCUT2D eigenvalue weighted by atomic mass is 10.2. The molecular weight excluding hydrogens is 419 g/mol. The molecule has 0 aromatic heterocycles. The van der Waals surface area contributed by atoms with Gasteiger partial charge in [-0.2, -0.15) is 0 Å². The van der Waals surface area contributed by atoms with Crippen molar-refractivity contribution >= 4 is 50.1 Å². The van der Waals surface area contributed by atoms with Crippen molar-refractivity contribution in [3.05, 3.63) is 61.6 Å². The van der Waals surface area contributed by atoms with Gasteiger partial charge in [-0.15, -0.1) is 0 Å². The molecule has 0 saturated carbocycles. The summed E-state index contributed by atoms with van der Waals surface area (Å²) in [5.74, 6) is -0.0897. The quantitative estimate of drug-likeness (QED) is 0.577. The van der Waals surface area contributed by atoms with Gasteiger partial charge in [0.15, 0.2) is 0 Å². The lowest BCUT2D eigenvalue weighted by Gasteiger charge is -2.08. The Morgan fingerprint density at radius 3 is 2.79 bits per heavy atom. The Kier molecular flexibility index (Phi) is 4.81. The van der Waals surface area contributed by atoms with Gasteiger partial charge in [-0.1, -0.05) is 28.1 Å². The van der Waals surface area contributed by atoms with Crippen LogP contribution in [0.25, 0.3) is 0 Å². The Labute approximate surface area is 133 Å². The minimum Gasteiger partial charge on any atom is -0.399 e. The summed E-state index contributed by atoms with van der Waals surface area (Å²) in [7, 11) is 0. The van der Waals surface area contributed by atoms with Gasteiger partial charge in [0.05, 0.1) is 5.56 Å². The van der Waals surface area contributed by atoms with Gasteiger partial charge < -0.3 is 11.1 Å².